The maximum atomic E-state index is 14.3. The number of fused-ring (bicyclic) bond motifs is 2. The Labute approximate surface area is 225 Å². The minimum Gasteiger partial charge on any atom is -0.490 e. The highest BCUT2D eigenvalue weighted by Gasteiger charge is 2.55. The summed E-state index contributed by atoms with van der Waals surface area (Å²) in [6.45, 7) is 4.46. The molecule has 5 unspecified atom stereocenters. The van der Waals surface area contributed by atoms with Crippen LogP contribution >= 0.6 is 23.4 Å². The molecule has 0 spiro atoms. The number of ether oxygens (including phenoxy) is 1. The van der Waals surface area contributed by atoms with E-state index in [2.05, 4.69) is 32.1 Å². The first-order chi connectivity index (χ1) is 17.8. The number of rotatable bonds is 9. The van der Waals surface area contributed by atoms with Gasteiger partial charge in [0, 0.05) is 55.0 Å². The second kappa shape index (κ2) is 11.1. The molecule has 2 aromatic rings. The van der Waals surface area contributed by atoms with Gasteiger partial charge in [0.1, 0.15) is 5.75 Å². The number of amides is 1. The second-order valence-corrected chi connectivity index (χ2v) is 11.8. The summed E-state index contributed by atoms with van der Waals surface area (Å²) in [5, 5.41) is 3.39. The second-order valence-electron chi connectivity index (χ2n) is 10.1. The lowest BCUT2D eigenvalue weighted by Crippen LogP contribution is -2.46. The quantitative estimate of drug-likeness (QED) is 0.246. The van der Waals surface area contributed by atoms with Crippen molar-refractivity contribution in [2.75, 3.05) is 61.5 Å². The van der Waals surface area contributed by atoms with E-state index in [0.717, 1.165) is 62.4 Å². The van der Waals surface area contributed by atoms with Gasteiger partial charge in [0.25, 0.3) is 0 Å². The molecule has 200 valence electrons. The number of benzene rings is 1. The van der Waals surface area contributed by atoms with E-state index in [-0.39, 0.29) is 40.8 Å². The number of halogens is 2. The predicted molar refractivity (Wildman–Crippen MR) is 146 cm³/mol. The molecule has 2 bridgehead atoms. The first-order valence-corrected chi connectivity index (χ1v) is 14.0. The van der Waals surface area contributed by atoms with Crippen LogP contribution in [0.5, 0.6) is 5.75 Å². The van der Waals surface area contributed by atoms with Gasteiger partial charge in [-0.3, -0.25) is 4.79 Å². The maximum Gasteiger partial charge on any atom is 0.224 e. The topological polar surface area (TPSA) is 123 Å². The van der Waals surface area contributed by atoms with Crippen LogP contribution in [0.25, 0.3) is 0 Å². The number of thioether (sulfide) groups is 1. The van der Waals surface area contributed by atoms with E-state index in [1.54, 1.807) is 0 Å². The molecule has 37 heavy (non-hydrogen) atoms. The molecule has 2 aliphatic carbocycles. The highest BCUT2D eigenvalue weighted by molar-refractivity contribution is 7.99. The van der Waals surface area contributed by atoms with Gasteiger partial charge in [-0.15, -0.1) is 0 Å². The van der Waals surface area contributed by atoms with Crippen LogP contribution in [0.15, 0.2) is 24.4 Å². The first kappa shape index (κ1) is 26.1. The van der Waals surface area contributed by atoms with Crippen LogP contribution in [0, 0.1) is 23.6 Å². The Morgan fingerprint density at radius 2 is 2.08 bits per heavy atom. The Kier molecular flexibility index (Phi) is 7.83. The molecule has 0 radical (unpaired) electrons. The van der Waals surface area contributed by atoms with E-state index in [0.29, 0.717) is 17.5 Å². The number of carbonyl (C=O) groups is 1. The first-order valence-electron chi connectivity index (χ1n) is 12.6. The molecule has 3 aliphatic rings. The average Bonchev–Trinajstić information content (AvgIpc) is 3.43. The molecule has 1 saturated heterocycles. The lowest BCUT2D eigenvalue weighted by molar-refractivity contribution is -0.123. The number of anilines is 3. The summed E-state index contributed by atoms with van der Waals surface area (Å²) >= 11 is 7.70. The lowest BCUT2D eigenvalue weighted by atomic mass is 9.83. The summed E-state index contributed by atoms with van der Waals surface area (Å²) in [5.74, 6) is 0.584. The molecule has 3 fully saturated rings. The third-order valence-electron chi connectivity index (χ3n) is 7.79. The molecule has 12 heteroatoms. The zero-order chi connectivity index (χ0) is 26.1. The molecule has 5 rings (SSSR count). The number of nitrogens with two attached hydrogens (primary N) is 2. The fourth-order valence-electron chi connectivity index (χ4n) is 6.01. The predicted octanol–water partition coefficient (Wildman–Crippen LogP) is 2.71. The van der Waals surface area contributed by atoms with Crippen LogP contribution in [0.4, 0.5) is 21.6 Å². The summed E-state index contributed by atoms with van der Waals surface area (Å²) in [6.07, 6.45) is 2.80. The normalized spacial score (nSPS) is 27.4. The van der Waals surface area contributed by atoms with Crippen molar-refractivity contribution in [2.24, 2.45) is 23.5 Å². The highest BCUT2D eigenvalue weighted by atomic mass is 35.5. The highest BCUT2D eigenvalue weighted by Crippen LogP contribution is 2.53. The molecule has 1 aromatic heterocycles. The standard InChI is InChI=1S/C25H33ClFN7O2S/c1-33-4-6-34(7-5-33)18-3-2-15(28)12-19(18)36-8-9-37-20-11-14-10-16(20)22(21(14)23(29)35)31-24-17(27)13-30-25(26)32-24/h2-3,12-14,16,20-22H,4-11,28H2,1H3,(H2,29,35)(H,30,31,32). The van der Waals surface area contributed by atoms with Gasteiger partial charge in [-0.1, -0.05) is 0 Å². The van der Waals surface area contributed by atoms with Crippen LogP contribution in [-0.2, 0) is 4.79 Å². The number of hydrogen-bond donors (Lipinski definition) is 3. The van der Waals surface area contributed by atoms with Crippen molar-refractivity contribution >= 4 is 46.5 Å². The third kappa shape index (κ3) is 5.68. The third-order valence-corrected chi connectivity index (χ3v) is 9.35. The molecule has 5 atom stereocenters. The van der Waals surface area contributed by atoms with Gasteiger partial charge in [-0.05, 0) is 55.5 Å². The van der Waals surface area contributed by atoms with E-state index < -0.39 is 5.82 Å². The Bertz CT molecular complexity index is 1140. The molecule has 2 heterocycles. The molecule has 5 N–H and O–H groups in total. The van der Waals surface area contributed by atoms with Crippen molar-refractivity contribution in [3.8, 4) is 5.75 Å². The number of carbonyl (C=O) groups excluding carboxylic acids is 1. The van der Waals surface area contributed by atoms with Crippen molar-refractivity contribution in [2.45, 2.75) is 24.1 Å². The van der Waals surface area contributed by atoms with Crippen molar-refractivity contribution in [3.63, 3.8) is 0 Å². The number of hydrogen-bond acceptors (Lipinski definition) is 9. The Morgan fingerprint density at radius 1 is 1.30 bits per heavy atom. The van der Waals surface area contributed by atoms with Crippen molar-refractivity contribution in [1.29, 1.82) is 0 Å². The monoisotopic (exact) mass is 549 g/mol. The van der Waals surface area contributed by atoms with Gasteiger partial charge in [0.15, 0.2) is 11.6 Å². The van der Waals surface area contributed by atoms with Crippen molar-refractivity contribution < 1.29 is 13.9 Å². The Balaban J connectivity index is 1.20. The minimum atomic E-state index is -0.605. The fraction of sp³-hybridized carbons (Fsp3) is 0.560. The van der Waals surface area contributed by atoms with Crippen molar-refractivity contribution in [3.05, 3.63) is 35.5 Å². The molecule has 2 saturated carbocycles. The van der Waals surface area contributed by atoms with Gasteiger partial charge in [0.05, 0.1) is 24.4 Å². The fourth-order valence-corrected chi connectivity index (χ4v) is 7.54. The number of nitrogens with zero attached hydrogens (tertiary/aromatic N) is 4. The number of nitrogen functional groups attached to an aromatic ring is 1. The number of likely N-dealkylation sites (N-methyl/N-ethyl adjacent to an activating group) is 1. The zero-order valence-corrected chi connectivity index (χ0v) is 22.3. The summed E-state index contributed by atoms with van der Waals surface area (Å²) in [4.78, 5) is 24.6. The SMILES string of the molecule is CN1CCN(c2ccc(N)cc2OCCSC2CC3CC2C(Nc2nc(Cl)ncc2F)C3C(N)=O)CC1. The summed E-state index contributed by atoms with van der Waals surface area (Å²) in [5.41, 5.74) is 13.6. The van der Waals surface area contributed by atoms with Crippen LogP contribution in [-0.4, -0.2) is 77.7 Å². The molecular formula is C25H33ClFN7O2S. The Morgan fingerprint density at radius 3 is 2.84 bits per heavy atom. The molecule has 9 nitrogen and oxygen atoms in total. The lowest BCUT2D eigenvalue weighted by Gasteiger charge is -2.35. The number of nitrogens with one attached hydrogen (secondary N) is 1. The van der Waals surface area contributed by atoms with Gasteiger partial charge in [-0.25, -0.2) is 9.37 Å². The van der Waals surface area contributed by atoms with Crippen LogP contribution in [0.3, 0.4) is 0 Å². The largest absolute Gasteiger partial charge is 0.490 e. The average molecular weight is 550 g/mol. The van der Waals surface area contributed by atoms with Gasteiger partial charge < -0.3 is 31.3 Å². The maximum absolute atomic E-state index is 14.3. The number of piperazine rings is 1. The van der Waals surface area contributed by atoms with E-state index in [9.17, 15) is 9.18 Å². The molecule has 1 amide bonds. The molecule has 1 aliphatic heterocycles. The van der Waals surface area contributed by atoms with Gasteiger partial charge in [-0.2, -0.15) is 16.7 Å². The summed E-state index contributed by atoms with van der Waals surface area (Å²) in [7, 11) is 2.13. The van der Waals surface area contributed by atoms with E-state index >= 15 is 0 Å². The van der Waals surface area contributed by atoms with E-state index in [1.165, 1.54) is 0 Å². The minimum absolute atomic E-state index is 0.00832. The smallest absolute Gasteiger partial charge is 0.224 e. The van der Waals surface area contributed by atoms with Gasteiger partial charge >= 0.3 is 0 Å². The van der Waals surface area contributed by atoms with Crippen LogP contribution in [0.2, 0.25) is 5.28 Å². The van der Waals surface area contributed by atoms with Crippen LogP contribution < -0.4 is 26.4 Å². The van der Waals surface area contributed by atoms with Gasteiger partial charge in [0.2, 0.25) is 11.2 Å². The summed E-state index contributed by atoms with van der Waals surface area (Å²) in [6, 6.07) is 5.56. The van der Waals surface area contributed by atoms with E-state index in [1.807, 2.05) is 30.0 Å². The summed E-state index contributed by atoms with van der Waals surface area (Å²) < 4.78 is 20.5. The molecule has 1 aromatic carbocycles. The van der Waals surface area contributed by atoms with E-state index in [4.69, 9.17) is 27.8 Å². The number of primary amides is 1. The number of aromatic nitrogens is 2. The molecular weight excluding hydrogens is 517 g/mol. The van der Waals surface area contributed by atoms with Crippen molar-refractivity contribution in [1.82, 2.24) is 14.9 Å². The van der Waals surface area contributed by atoms with Crippen LogP contribution in [0.1, 0.15) is 12.8 Å². The Hall–Kier alpha value is -2.50. The zero-order valence-electron chi connectivity index (χ0n) is 20.8.